The molecule has 1 heterocycles. The van der Waals surface area contributed by atoms with Crippen molar-refractivity contribution < 1.29 is 15.0 Å². The van der Waals surface area contributed by atoms with Gasteiger partial charge in [0.1, 0.15) is 0 Å². The topological polar surface area (TPSA) is 70.4 Å². The summed E-state index contributed by atoms with van der Waals surface area (Å²) in [5.74, 6) is -1.01. The third-order valence-electron chi connectivity index (χ3n) is 1.67. The monoisotopic (exact) mass is 181 g/mol. The Kier molecular flexibility index (Phi) is 2.97. The standard InChI is InChI=1S/C9H11NO3/c1-6-4-7(2-3-10-6)8(11)5-9(12)13/h2-4,8,11H,5H2,1H3,(H,12,13)/t8-/m0/s1. The van der Waals surface area contributed by atoms with Gasteiger partial charge in [-0.25, -0.2) is 0 Å². The number of pyridine rings is 1. The lowest BCUT2D eigenvalue weighted by Crippen LogP contribution is -2.05. The quantitative estimate of drug-likeness (QED) is 0.726. The summed E-state index contributed by atoms with van der Waals surface area (Å²) in [4.78, 5) is 14.2. The molecule has 1 aromatic heterocycles. The van der Waals surface area contributed by atoms with Crippen LogP contribution in [-0.2, 0) is 4.79 Å². The average molecular weight is 181 g/mol. The van der Waals surface area contributed by atoms with Crippen molar-refractivity contribution in [2.75, 3.05) is 0 Å². The second-order valence-electron chi connectivity index (χ2n) is 2.84. The summed E-state index contributed by atoms with van der Waals surface area (Å²) in [7, 11) is 0. The minimum absolute atomic E-state index is 0.274. The highest BCUT2D eigenvalue weighted by atomic mass is 16.4. The number of rotatable bonds is 3. The minimum atomic E-state index is -1.01. The summed E-state index contributed by atoms with van der Waals surface area (Å²) < 4.78 is 0. The molecule has 0 fully saturated rings. The van der Waals surface area contributed by atoms with Crippen molar-refractivity contribution in [3.8, 4) is 0 Å². The van der Waals surface area contributed by atoms with Gasteiger partial charge in [0, 0.05) is 11.9 Å². The van der Waals surface area contributed by atoms with Crippen LogP contribution in [0.1, 0.15) is 23.8 Å². The van der Waals surface area contributed by atoms with E-state index < -0.39 is 12.1 Å². The van der Waals surface area contributed by atoms with Gasteiger partial charge < -0.3 is 10.2 Å². The third kappa shape index (κ3) is 2.83. The van der Waals surface area contributed by atoms with Crippen LogP contribution in [0.2, 0.25) is 0 Å². The van der Waals surface area contributed by atoms with E-state index in [-0.39, 0.29) is 6.42 Å². The molecule has 0 aliphatic heterocycles. The van der Waals surface area contributed by atoms with Crippen LogP contribution in [0.25, 0.3) is 0 Å². The largest absolute Gasteiger partial charge is 0.481 e. The molecule has 1 aromatic rings. The number of aliphatic hydroxyl groups is 1. The molecule has 0 amide bonds. The van der Waals surface area contributed by atoms with E-state index in [0.29, 0.717) is 5.56 Å². The van der Waals surface area contributed by atoms with Gasteiger partial charge in [0.25, 0.3) is 0 Å². The highest BCUT2D eigenvalue weighted by Gasteiger charge is 2.11. The molecule has 0 spiro atoms. The predicted molar refractivity (Wildman–Crippen MR) is 46.2 cm³/mol. The van der Waals surface area contributed by atoms with Crippen LogP contribution in [0, 0.1) is 6.92 Å². The van der Waals surface area contributed by atoms with Gasteiger partial charge in [-0.15, -0.1) is 0 Å². The second kappa shape index (κ2) is 4.00. The first kappa shape index (κ1) is 9.67. The lowest BCUT2D eigenvalue weighted by atomic mass is 10.1. The number of carboxylic acids is 1. The summed E-state index contributed by atoms with van der Waals surface area (Å²) in [5.41, 5.74) is 1.36. The zero-order valence-corrected chi connectivity index (χ0v) is 7.27. The first-order valence-electron chi connectivity index (χ1n) is 3.92. The molecule has 0 aliphatic rings. The van der Waals surface area contributed by atoms with E-state index in [1.54, 1.807) is 25.3 Å². The van der Waals surface area contributed by atoms with Gasteiger partial charge >= 0.3 is 5.97 Å². The molecule has 2 N–H and O–H groups in total. The Morgan fingerprint density at radius 1 is 1.69 bits per heavy atom. The predicted octanol–water partition coefficient (Wildman–Crippen LogP) is 0.898. The molecule has 0 bridgehead atoms. The lowest BCUT2D eigenvalue weighted by Gasteiger charge is -2.07. The number of aryl methyl sites for hydroxylation is 1. The van der Waals surface area contributed by atoms with Gasteiger partial charge in [0.05, 0.1) is 12.5 Å². The fourth-order valence-corrected chi connectivity index (χ4v) is 1.06. The Balaban J connectivity index is 2.76. The zero-order valence-electron chi connectivity index (χ0n) is 7.27. The van der Waals surface area contributed by atoms with Crippen molar-refractivity contribution in [2.45, 2.75) is 19.4 Å². The van der Waals surface area contributed by atoms with Gasteiger partial charge in [-0.1, -0.05) is 0 Å². The van der Waals surface area contributed by atoms with Crippen LogP contribution in [0.15, 0.2) is 18.3 Å². The van der Waals surface area contributed by atoms with Crippen LogP contribution in [0.4, 0.5) is 0 Å². The normalized spacial score (nSPS) is 12.5. The van der Waals surface area contributed by atoms with Crippen LogP contribution in [-0.4, -0.2) is 21.2 Å². The Morgan fingerprint density at radius 3 is 2.92 bits per heavy atom. The Bertz CT molecular complexity index is 311. The van der Waals surface area contributed by atoms with E-state index >= 15 is 0 Å². The molecular formula is C9H11NO3. The molecular weight excluding hydrogens is 170 g/mol. The number of aromatic nitrogens is 1. The van der Waals surface area contributed by atoms with E-state index in [4.69, 9.17) is 5.11 Å². The third-order valence-corrected chi connectivity index (χ3v) is 1.67. The van der Waals surface area contributed by atoms with E-state index in [9.17, 15) is 9.90 Å². The number of carboxylic acid groups (broad SMARTS) is 1. The Labute approximate surface area is 75.9 Å². The summed E-state index contributed by atoms with van der Waals surface area (Å²) >= 11 is 0. The molecule has 4 heteroatoms. The molecule has 13 heavy (non-hydrogen) atoms. The van der Waals surface area contributed by atoms with Crippen LogP contribution >= 0.6 is 0 Å². The highest BCUT2D eigenvalue weighted by molar-refractivity contribution is 5.67. The molecule has 4 nitrogen and oxygen atoms in total. The molecule has 0 radical (unpaired) electrons. The molecule has 1 rings (SSSR count). The lowest BCUT2D eigenvalue weighted by molar-refractivity contribution is -0.139. The van der Waals surface area contributed by atoms with E-state index in [2.05, 4.69) is 4.98 Å². The SMILES string of the molecule is Cc1cc([C@@H](O)CC(=O)O)ccn1. The smallest absolute Gasteiger partial charge is 0.306 e. The molecule has 0 saturated heterocycles. The number of hydrogen-bond acceptors (Lipinski definition) is 3. The van der Waals surface area contributed by atoms with E-state index in [1.807, 2.05) is 0 Å². The van der Waals surface area contributed by atoms with Gasteiger partial charge in [0.15, 0.2) is 0 Å². The van der Waals surface area contributed by atoms with Crippen molar-refractivity contribution in [3.63, 3.8) is 0 Å². The summed E-state index contributed by atoms with van der Waals surface area (Å²) in [5, 5.41) is 17.8. The number of carbonyl (C=O) groups is 1. The summed E-state index contributed by atoms with van der Waals surface area (Å²) in [6.07, 6.45) is 0.332. The van der Waals surface area contributed by atoms with Crippen molar-refractivity contribution in [1.29, 1.82) is 0 Å². The highest BCUT2D eigenvalue weighted by Crippen LogP contribution is 2.15. The number of nitrogens with zero attached hydrogens (tertiary/aromatic N) is 1. The number of aliphatic carboxylic acids is 1. The molecule has 0 unspecified atom stereocenters. The Hall–Kier alpha value is -1.42. The van der Waals surface area contributed by atoms with Crippen molar-refractivity contribution >= 4 is 5.97 Å². The van der Waals surface area contributed by atoms with Gasteiger partial charge in [0.2, 0.25) is 0 Å². The fraction of sp³-hybridized carbons (Fsp3) is 0.333. The number of hydrogen-bond donors (Lipinski definition) is 2. The van der Waals surface area contributed by atoms with Crippen molar-refractivity contribution in [1.82, 2.24) is 4.98 Å². The van der Waals surface area contributed by atoms with Gasteiger partial charge in [-0.05, 0) is 24.6 Å². The van der Waals surface area contributed by atoms with E-state index in [1.165, 1.54) is 0 Å². The van der Waals surface area contributed by atoms with Crippen LogP contribution < -0.4 is 0 Å². The van der Waals surface area contributed by atoms with Crippen LogP contribution in [0.5, 0.6) is 0 Å². The maximum atomic E-state index is 10.3. The Morgan fingerprint density at radius 2 is 2.38 bits per heavy atom. The van der Waals surface area contributed by atoms with Gasteiger partial charge in [-0.2, -0.15) is 0 Å². The molecule has 70 valence electrons. The van der Waals surface area contributed by atoms with Crippen molar-refractivity contribution in [2.24, 2.45) is 0 Å². The molecule has 1 atom stereocenters. The van der Waals surface area contributed by atoms with Crippen LogP contribution in [0.3, 0.4) is 0 Å². The zero-order chi connectivity index (χ0) is 9.84. The maximum Gasteiger partial charge on any atom is 0.306 e. The van der Waals surface area contributed by atoms with Crippen molar-refractivity contribution in [3.05, 3.63) is 29.6 Å². The maximum absolute atomic E-state index is 10.3. The number of aliphatic hydroxyl groups excluding tert-OH is 1. The second-order valence-corrected chi connectivity index (χ2v) is 2.84. The average Bonchev–Trinajstić information content (AvgIpc) is 2.03. The van der Waals surface area contributed by atoms with E-state index in [0.717, 1.165) is 5.69 Å². The first-order valence-corrected chi connectivity index (χ1v) is 3.92. The molecule has 0 saturated carbocycles. The fourth-order valence-electron chi connectivity index (χ4n) is 1.06. The molecule has 0 aliphatic carbocycles. The minimum Gasteiger partial charge on any atom is -0.481 e. The summed E-state index contributed by atoms with van der Waals surface area (Å²) in [6.45, 7) is 1.79. The summed E-state index contributed by atoms with van der Waals surface area (Å²) in [6, 6.07) is 3.29. The first-order chi connectivity index (χ1) is 6.09. The molecule has 0 aromatic carbocycles. The van der Waals surface area contributed by atoms with Gasteiger partial charge in [-0.3, -0.25) is 9.78 Å².